The van der Waals surface area contributed by atoms with E-state index in [2.05, 4.69) is 13.8 Å². The third-order valence-corrected chi connectivity index (χ3v) is 4.56. The Morgan fingerprint density at radius 2 is 2.07 bits per heavy atom. The molecule has 3 heteroatoms. The third kappa shape index (κ3) is 2.23. The molecule has 0 saturated heterocycles. The largest absolute Gasteiger partial charge is 0.325 e. The Morgan fingerprint density at radius 3 is 2.60 bits per heavy atom. The van der Waals surface area contributed by atoms with Crippen molar-refractivity contribution < 1.29 is 0 Å². The van der Waals surface area contributed by atoms with E-state index in [1.165, 1.54) is 36.3 Å². The summed E-state index contributed by atoms with van der Waals surface area (Å²) in [7, 11) is 0. The van der Waals surface area contributed by atoms with Crippen LogP contribution >= 0.6 is 11.3 Å². The lowest BCUT2D eigenvalue weighted by Crippen LogP contribution is -2.00. The van der Waals surface area contributed by atoms with Crippen molar-refractivity contribution in [2.75, 3.05) is 0 Å². The van der Waals surface area contributed by atoms with Crippen LogP contribution in [0.4, 0.5) is 0 Å². The van der Waals surface area contributed by atoms with Gasteiger partial charge in [-0.3, -0.25) is 0 Å². The van der Waals surface area contributed by atoms with Crippen molar-refractivity contribution in [1.29, 1.82) is 0 Å². The van der Waals surface area contributed by atoms with Gasteiger partial charge in [-0.2, -0.15) is 0 Å². The number of nitrogens with zero attached hydrogens (tertiary/aromatic N) is 1. The van der Waals surface area contributed by atoms with E-state index < -0.39 is 0 Å². The molecule has 1 saturated carbocycles. The first-order valence-corrected chi connectivity index (χ1v) is 6.73. The highest BCUT2D eigenvalue weighted by Gasteiger charge is 2.24. The number of nitrogens with two attached hydrogens (primary N) is 1. The lowest BCUT2D eigenvalue weighted by Gasteiger charge is -2.10. The van der Waals surface area contributed by atoms with Gasteiger partial charge in [0.1, 0.15) is 5.01 Å². The van der Waals surface area contributed by atoms with Crippen LogP contribution in [0.1, 0.15) is 66.9 Å². The van der Waals surface area contributed by atoms with Crippen LogP contribution in [-0.2, 0) is 6.54 Å². The minimum atomic E-state index is 0.594. The van der Waals surface area contributed by atoms with E-state index in [-0.39, 0.29) is 0 Å². The average molecular weight is 224 g/mol. The van der Waals surface area contributed by atoms with E-state index in [1.54, 1.807) is 0 Å². The number of aromatic nitrogens is 1. The standard InChI is InChI=1S/C12H20N2S/c1-8(2)12-11(9-5-3-4-6-9)14-10(7-13)15-12/h8-9H,3-7,13H2,1-2H3. The Labute approximate surface area is 95.9 Å². The maximum Gasteiger partial charge on any atom is 0.107 e. The minimum Gasteiger partial charge on any atom is -0.325 e. The molecule has 0 aromatic carbocycles. The Hall–Kier alpha value is -0.410. The Kier molecular flexibility index (Phi) is 3.42. The lowest BCUT2D eigenvalue weighted by molar-refractivity contribution is 0.680. The van der Waals surface area contributed by atoms with Gasteiger partial charge in [-0.15, -0.1) is 11.3 Å². The summed E-state index contributed by atoms with van der Waals surface area (Å²) < 4.78 is 0. The van der Waals surface area contributed by atoms with Crippen molar-refractivity contribution in [3.8, 4) is 0 Å². The molecule has 1 aliphatic carbocycles. The van der Waals surface area contributed by atoms with Crippen LogP contribution in [0.3, 0.4) is 0 Å². The molecule has 2 rings (SSSR count). The highest BCUT2D eigenvalue weighted by Crippen LogP contribution is 2.39. The van der Waals surface area contributed by atoms with E-state index in [1.807, 2.05) is 11.3 Å². The van der Waals surface area contributed by atoms with Gasteiger partial charge in [0.2, 0.25) is 0 Å². The normalized spacial score (nSPS) is 17.9. The van der Waals surface area contributed by atoms with E-state index in [9.17, 15) is 0 Å². The van der Waals surface area contributed by atoms with E-state index in [0.717, 1.165) is 10.9 Å². The van der Waals surface area contributed by atoms with Crippen LogP contribution in [0.25, 0.3) is 0 Å². The molecule has 2 N–H and O–H groups in total. The molecule has 2 nitrogen and oxygen atoms in total. The van der Waals surface area contributed by atoms with E-state index in [0.29, 0.717) is 12.5 Å². The molecule has 1 fully saturated rings. The van der Waals surface area contributed by atoms with Gasteiger partial charge >= 0.3 is 0 Å². The number of rotatable bonds is 3. The zero-order valence-electron chi connectivity index (χ0n) is 9.62. The number of hydrogen-bond donors (Lipinski definition) is 1. The van der Waals surface area contributed by atoms with Crippen LogP contribution in [0.5, 0.6) is 0 Å². The first-order chi connectivity index (χ1) is 7.22. The molecular weight excluding hydrogens is 204 g/mol. The van der Waals surface area contributed by atoms with Crippen molar-refractivity contribution in [2.24, 2.45) is 5.73 Å². The topological polar surface area (TPSA) is 38.9 Å². The first kappa shape index (κ1) is 11.1. The first-order valence-electron chi connectivity index (χ1n) is 5.92. The second-order valence-corrected chi connectivity index (χ2v) is 5.81. The highest BCUT2D eigenvalue weighted by molar-refractivity contribution is 7.11. The Balaban J connectivity index is 2.30. The summed E-state index contributed by atoms with van der Waals surface area (Å²) in [5.74, 6) is 1.32. The molecule has 0 bridgehead atoms. The van der Waals surface area contributed by atoms with Crippen LogP contribution < -0.4 is 5.73 Å². The summed E-state index contributed by atoms with van der Waals surface area (Å²) in [6.45, 7) is 5.11. The molecule has 1 aromatic rings. The van der Waals surface area contributed by atoms with Crippen molar-refractivity contribution in [2.45, 2.75) is 57.9 Å². The van der Waals surface area contributed by atoms with Gasteiger partial charge in [-0.05, 0) is 18.8 Å². The second kappa shape index (κ2) is 4.62. The molecule has 0 unspecified atom stereocenters. The van der Waals surface area contributed by atoms with Crippen molar-refractivity contribution in [3.63, 3.8) is 0 Å². The van der Waals surface area contributed by atoms with Gasteiger partial charge in [0.05, 0.1) is 5.69 Å². The highest BCUT2D eigenvalue weighted by atomic mass is 32.1. The SMILES string of the molecule is CC(C)c1sc(CN)nc1C1CCCC1. The Morgan fingerprint density at radius 1 is 1.40 bits per heavy atom. The maximum atomic E-state index is 5.68. The quantitative estimate of drug-likeness (QED) is 0.854. The molecule has 1 aromatic heterocycles. The molecule has 84 valence electrons. The van der Waals surface area contributed by atoms with Gasteiger partial charge in [-0.25, -0.2) is 4.98 Å². The van der Waals surface area contributed by atoms with Gasteiger partial charge in [-0.1, -0.05) is 26.7 Å². The van der Waals surface area contributed by atoms with Crippen molar-refractivity contribution >= 4 is 11.3 Å². The van der Waals surface area contributed by atoms with Gasteiger partial charge in [0.25, 0.3) is 0 Å². The van der Waals surface area contributed by atoms with Gasteiger partial charge in [0.15, 0.2) is 0 Å². The van der Waals surface area contributed by atoms with Crippen LogP contribution in [0.15, 0.2) is 0 Å². The predicted octanol–water partition coefficient (Wildman–Crippen LogP) is 3.38. The van der Waals surface area contributed by atoms with Crippen LogP contribution in [-0.4, -0.2) is 4.98 Å². The summed E-state index contributed by atoms with van der Waals surface area (Å²) in [4.78, 5) is 6.20. The average Bonchev–Trinajstić information content (AvgIpc) is 2.86. The van der Waals surface area contributed by atoms with Gasteiger partial charge < -0.3 is 5.73 Å². The molecular formula is C12H20N2S. The molecule has 0 atom stereocenters. The summed E-state index contributed by atoms with van der Waals surface area (Å²) in [6.07, 6.45) is 5.40. The summed E-state index contributed by atoms with van der Waals surface area (Å²) in [5.41, 5.74) is 7.05. The third-order valence-electron chi connectivity index (χ3n) is 3.17. The molecule has 15 heavy (non-hydrogen) atoms. The molecule has 1 heterocycles. The van der Waals surface area contributed by atoms with Crippen molar-refractivity contribution in [3.05, 3.63) is 15.6 Å². The molecule has 1 aliphatic rings. The van der Waals surface area contributed by atoms with Crippen molar-refractivity contribution in [1.82, 2.24) is 4.98 Å². The predicted molar refractivity (Wildman–Crippen MR) is 65.3 cm³/mol. The fourth-order valence-electron chi connectivity index (χ4n) is 2.38. The molecule has 0 aliphatic heterocycles. The zero-order valence-corrected chi connectivity index (χ0v) is 10.4. The number of thiazole rings is 1. The zero-order chi connectivity index (χ0) is 10.8. The lowest BCUT2D eigenvalue weighted by atomic mass is 9.99. The second-order valence-electron chi connectivity index (χ2n) is 4.70. The fraction of sp³-hybridized carbons (Fsp3) is 0.750. The summed E-state index contributed by atoms with van der Waals surface area (Å²) in [5, 5.41) is 1.11. The fourth-order valence-corrected chi connectivity index (χ4v) is 3.42. The van der Waals surface area contributed by atoms with E-state index >= 15 is 0 Å². The minimum absolute atomic E-state index is 0.594. The molecule has 0 radical (unpaired) electrons. The number of hydrogen-bond acceptors (Lipinski definition) is 3. The van der Waals surface area contributed by atoms with Crippen LogP contribution in [0, 0.1) is 0 Å². The van der Waals surface area contributed by atoms with Crippen LogP contribution in [0.2, 0.25) is 0 Å². The van der Waals surface area contributed by atoms with E-state index in [4.69, 9.17) is 10.7 Å². The molecule has 0 spiro atoms. The molecule has 0 amide bonds. The summed E-state index contributed by atoms with van der Waals surface area (Å²) in [6, 6.07) is 0. The summed E-state index contributed by atoms with van der Waals surface area (Å²) >= 11 is 1.82. The van der Waals surface area contributed by atoms with Gasteiger partial charge in [0, 0.05) is 17.3 Å². The monoisotopic (exact) mass is 224 g/mol. The smallest absolute Gasteiger partial charge is 0.107 e. The Bertz CT molecular complexity index is 324. The maximum absolute atomic E-state index is 5.68.